The molecule has 0 unspecified atom stereocenters. The van der Waals surface area contributed by atoms with Gasteiger partial charge in [0.25, 0.3) is 0 Å². The number of rotatable bonds is 2. The number of carbonyl (C=O) groups is 2. The van der Waals surface area contributed by atoms with Crippen LogP contribution in [0.3, 0.4) is 0 Å². The second-order valence-electron chi connectivity index (χ2n) is 3.82. The molecule has 1 fully saturated rings. The molecule has 1 heterocycles. The summed E-state index contributed by atoms with van der Waals surface area (Å²) in [7, 11) is 3.51. The van der Waals surface area contributed by atoms with Gasteiger partial charge in [0.1, 0.15) is 6.54 Å². The van der Waals surface area contributed by atoms with E-state index in [0.717, 1.165) is 13.1 Å². The van der Waals surface area contributed by atoms with Crippen molar-refractivity contribution in [3.8, 4) is 0 Å². The summed E-state index contributed by atoms with van der Waals surface area (Å²) in [4.78, 5) is 27.2. The van der Waals surface area contributed by atoms with Crippen molar-refractivity contribution in [1.29, 1.82) is 0 Å². The van der Waals surface area contributed by atoms with Crippen LogP contribution in [0.1, 0.15) is 0 Å². The summed E-state index contributed by atoms with van der Waals surface area (Å²) in [6, 6.07) is -0.203. The predicted molar refractivity (Wildman–Crippen MR) is 54.7 cm³/mol. The van der Waals surface area contributed by atoms with Crippen LogP contribution in [0.2, 0.25) is 0 Å². The fourth-order valence-electron chi connectivity index (χ4n) is 1.51. The Hall–Kier alpha value is -1.30. The molecule has 15 heavy (non-hydrogen) atoms. The molecule has 0 radical (unpaired) electrons. The fraction of sp³-hybridized carbons (Fsp3) is 0.778. The molecule has 6 heteroatoms. The van der Waals surface area contributed by atoms with Crippen molar-refractivity contribution < 1.29 is 14.7 Å². The number of carboxylic acid groups (broad SMARTS) is 1. The molecule has 0 saturated carbocycles. The third-order valence-electron chi connectivity index (χ3n) is 2.47. The zero-order valence-corrected chi connectivity index (χ0v) is 9.14. The number of hydrogen-bond donors (Lipinski definition) is 1. The van der Waals surface area contributed by atoms with Gasteiger partial charge in [0.05, 0.1) is 0 Å². The molecule has 2 amide bonds. The highest BCUT2D eigenvalue weighted by Gasteiger charge is 2.22. The predicted octanol–water partition coefficient (Wildman–Crippen LogP) is -0.630. The average Bonchev–Trinajstić information content (AvgIpc) is 2.17. The van der Waals surface area contributed by atoms with Crippen LogP contribution in [0.25, 0.3) is 0 Å². The van der Waals surface area contributed by atoms with E-state index in [-0.39, 0.29) is 12.6 Å². The number of carboxylic acids is 1. The summed E-state index contributed by atoms with van der Waals surface area (Å²) in [5.74, 6) is -0.986. The second-order valence-corrected chi connectivity index (χ2v) is 3.82. The Kier molecular flexibility index (Phi) is 3.90. The van der Waals surface area contributed by atoms with Crippen LogP contribution in [0.15, 0.2) is 0 Å². The van der Waals surface area contributed by atoms with Gasteiger partial charge in [0, 0.05) is 33.2 Å². The maximum absolute atomic E-state index is 11.7. The molecule has 0 spiro atoms. The molecule has 6 nitrogen and oxygen atoms in total. The van der Waals surface area contributed by atoms with Gasteiger partial charge in [0.2, 0.25) is 0 Å². The van der Waals surface area contributed by atoms with Crippen molar-refractivity contribution in [3.63, 3.8) is 0 Å². The molecular weight excluding hydrogens is 198 g/mol. The summed E-state index contributed by atoms with van der Waals surface area (Å²) >= 11 is 0. The monoisotopic (exact) mass is 215 g/mol. The summed E-state index contributed by atoms with van der Waals surface area (Å²) in [5, 5.41) is 8.55. The van der Waals surface area contributed by atoms with Gasteiger partial charge >= 0.3 is 12.0 Å². The van der Waals surface area contributed by atoms with Crippen LogP contribution in [0, 0.1) is 0 Å². The second kappa shape index (κ2) is 4.97. The molecule has 0 aromatic rings. The minimum absolute atomic E-state index is 0.203. The number of amides is 2. The standard InChI is InChI=1S/C9H17N3O3/c1-10-3-5-12(6-4-10)9(15)11(2)7-8(13)14/h3-7H2,1-2H3,(H,13,14). The minimum Gasteiger partial charge on any atom is -0.480 e. The van der Waals surface area contributed by atoms with Crippen LogP contribution >= 0.6 is 0 Å². The molecule has 1 aliphatic heterocycles. The Balaban J connectivity index is 2.42. The minimum atomic E-state index is -0.986. The fourth-order valence-corrected chi connectivity index (χ4v) is 1.51. The van der Waals surface area contributed by atoms with E-state index in [0.29, 0.717) is 13.1 Å². The van der Waals surface area contributed by atoms with Gasteiger partial charge in [-0.3, -0.25) is 4.79 Å². The van der Waals surface area contributed by atoms with Crippen LogP contribution < -0.4 is 0 Å². The van der Waals surface area contributed by atoms with Crippen molar-refractivity contribution in [2.45, 2.75) is 0 Å². The summed E-state index contributed by atoms with van der Waals surface area (Å²) in [6.07, 6.45) is 0. The molecule has 0 aliphatic carbocycles. The van der Waals surface area contributed by atoms with Gasteiger partial charge in [-0.05, 0) is 7.05 Å². The largest absolute Gasteiger partial charge is 0.480 e. The Morgan fingerprint density at radius 2 is 1.80 bits per heavy atom. The normalized spacial score (nSPS) is 17.6. The molecule has 1 saturated heterocycles. The molecular formula is C9H17N3O3. The number of nitrogens with zero attached hydrogens (tertiary/aromatic N) is 3. The Bertz CT molecular complexity index is 249. The van der Waals surface area contributed by atoms with Crippen molar-refractivity contribution in [2.24, 2.45) is 0 Å². The van der Waals surface area contributed by atoms with Gasteiger partial charge in [-0.15, -0.1) is 0 Å². The first kappa shape index (κ1) is 11.8. The van der Waals surface area contributed by atoms with Crippen molar-refractivity contribution >= 4 is 12.0 Å². The van der Waals surface area contributed by atoms with Crippen molar-refractivity contribution in [1.82, 2.24) is 14.7 Å². The summed E-state index contributed by atoms with van der Waals surface area (Å²) in [5.41, 5.74) is 0. The lowest BCUT2D eigenvalue weighted by Crippen LogP contribution is -2.51. The Labute approximate surface area is 89.0 Å². The van der Waals surface area contributed by atoms with Crippen LogP contribution in [-0.4, -0.2) is 78.6 Å². The molecule has 86 valence electrons. The zero-order valence-electron chi connectivity index (χ0n) is 9.14. The lowest BCUT2D eigenvalue weighted by molar-refractivity contribution is -0.137. The highest BCUT2D eigenvalue weighted by Crippen LogP contribution is 2.02. The number of carbonyl (C=O) groups excluding carboxylic acids is 1. The van der Waals surface area contributed by atoms with E-state index < -0.39 is 5.97 Å². The number of likely N-dealkylation sites (N-methyl/N-ethyl adjacent to an activating group) is 2. The van der Waals surface area contributed by atoms with E-state index in [1.54, 1.807) is 4.90 Å². The van der Waals surface area contributed by atoms with Crippen LogP contribution in [-0.2, 0) is 4.79 Å². The maximum Gasteiger partial charge on any atom is 0.323 e. The third-order valence-corrected chi connectivity index (χ3v) is 2.47. The van der Waals surface area contributed by atoms with E-state index in [1.807, 2.05) is 7.05 Å². The molecule has 1 N–H and O–H groups in total. The number of aliphatic carboxylic acids is 1. The third kappa shape index (κ3) is 3.39. The average molecular weight is 215 g/mol. The van der Waals surface area contributed by atoms with Crippen molar-refractivity contribution in [2.75, 3.05) is 46.8 Å². The molecule has 0 atom stereocenters. The van der Waals surface area contributed by atoms with Gasteiger partial charge < -0.3 is 19.8 Å². The SMILES string of the molecule is CN1CCN(C(=O)N(C)CC(=O)O)CC1. The van der Waals surface area contributed by atoms with E-state index in [2.05, 4.69) is 4.90 Å². The van der Waals surface area contributed by atoms with E-state index >= 15 is 0 Å². The number of hydrogen-bond acceptors (Lipinski definition) is 3. The van der Waals surface area contributed by atoms with E-state index in [4.69, 9.17) is 5.11 Å². The van der Waals surface area contributed by atoms with E-state index in [1.165, 1.54) is 11.9 Å². The lowest BCUT2D eigenvalue weighted by atomic mass is 10.3. The Morgan fingerprint density at radius 1 is 1.27 bits per heavy atom. The van der Waals surface area contributed by atoms with Gasteiger partial charge in [-0.2, -0.15) is 0 Å². The van der Waals surface area contributed by atoms with E-state index in [9.17, 15) is 9.59 Å². The van der Waals surface area contributed by atoms with Gasteiger partial charge in [-0.25, -0.2) is 4.79 Å². The van der Waals surface area contributed by atoms with Crippen molar-refractivity contribution in [3.05, 3.63) is 0 Å². The summed E-state index contributed by atoms with van der Waals surface area (Å²) in [6.45, 7) is 2.77. The van der Waals surface area contributed by atoms with Crippen LogP contribution in [0.4, 0.5) is 4.79 Å². The van der Waals surface area contributed by atoms with Gasteiger partial charge in [0.15, 0.2) is 0 Å². The molecule has 0 bridgehead atoms. The quantitative estimate of drug-likeness (QED) is 0.666. The first-order chi connectivity index (χ1) is 7.00. The number of urea groups is 1. The Morgan fingerprint density at radius 3 is 2.27 bits per heavy atom. The highest BCUT2D eigenvalue weighted by atomic mass is 16.4. The first-order valence-corrected chi connectivity index (χ1v) is 4.91. The molecule has 1 aliphatic rings. The zero-order chi connectivity index (χ0) is 11.4. The lowest BCUT2D eigenvalue weighted by Gasteiger charge is -2.34. The van der Waals surface area contributed by atoms with Gasteiger partial charge in [-0.1, -0.05) is 0 Å². The van der Waals surface area contributed by atoms with Crippen LogP contribution in [0.5, 0.6) is 0 Å². The highest BCUT2D eigenvalue weighted by molar-refractivity contribution is 5.79. The maximum atomic E-state index is 11.7. The topological polar surface area (TPSA) is 64.1 Å². The number of piperazine rings is 1. The molecule has 0 aromatic heterocycles. The first-order valence-electron chi connectivity index (χ1n) is 4.91. The molecule has 1 rings (SSSR count). The summed E-state index contributed by atoms with van der Waals surface area (Å²) < 4.78 is 0. The smallest absolute Gasteiger partial charge is 0.323 e. The molecule has 0 aromatic carbocycles.